The third-order valence-electron chi connectivity index (χ3n) is 3.19. The van der Waals surface area contributed by atoms with Gasteiger partial charge in [0.2, 0.25) is 5.91 Å². The minimum atomic E-state index is -0.485. The molecule has 0 spiro atoms. The van der Waals surface area contributed by atoms with Gasteiger partial charge in [-0.25, -0.2) is 0 Å². The van der Waals surface area contributed by atoms with Crippen molar-refractivity contribution in [3.63, 3.8) is 0 Å². The van der Waals surface area contributed by atoms with Crippen LogP contribution in [0.1, 0.15) is 12.5 Å². The average molecular weight is 234 g/mol. The summed E-state index contributed by atoms with van der Waals surface area (Å²) in [6.07, 6.45) is 0. The summed E-state index contributed by atoms with van der Waals surface area (Å²) < 4.78 is 0. The highest BCUT2D eigenvalue weighted by Gasteiger charge is 2.33. The number of benzene rings is 1. The molecule has 1 aromatic rings. The molecule has 0 aliphatic carbocycles. The van der Waals surface area contributed by atoms with Crippen molar-refractivity contribution in [2.75, 3.05) is 18.1 Å². The van der Waals surface area contributed by atoms with Gasteiger partial charge in [0, 0.05) is 18.3 Å². The van der Waals surface area contributed by atoms with E-state index in [9.17, 15) is 9.90 Å². The van der Waals surface area contributed by atoms with Gasteiger partial charge in [0.25, 0.3) is 0 Å². The molecule has 1 amide bonds. The van der Waals surface area contributed by atoms with E-state index in [1.807, 2.05) is 43.0 Å². The van der Waals surface area contributed by atoms with Gasteiger partial charge in [-0.1, -0.05) is 17.7 Å². The first-order valence-corrected chi connectivity index (χ1v) is 5.87. The molecule has 1 heterocycles. The summed E-state index contributed by atoms with van der Waals surface area (Å²) in [7, 11) is 0. The summed E-state index contributed by atoms with van der Waals surface area (Å²) in [5, 5.41) is 12.2. The standard InChI is InChI=1S/C13H18N2O2/c1-9-3-5-11(6-4-9)15-10(2)7-14-13(17)12(15)8-16/h3-6,10,12,16H,7-8H2,1-2H3,(H,14,17). The number of hydrogen-bond donors (Lipinski definition) is 2. The lowest BCUT2D eigenvalue weighted by Gasteiger charge is -2.41. The maximum atomic E-state index is 11.7. The van der Waals surface area contributed by atoms with E-state index in [0.717, 1.165) is 5.69 Å². The lowest BCUT2D eigenvalue weighted by molar-refractivity contribution is -0.124. The molecule has 2 unspecified atom stereocenters. The highest BCUT2D eigenvalue weighted by Crippen LogP contribution is 2.22. The fourth-order valence-corrected chi connectivity index (χ4v) is 2.22. The smallest absolute Gasteiger partial charge is 0.245 e. The molecule has 0 saturated carbocycles. The van der Waals surface area contributed by atoms with Gasteiger partial charge in [-0.05, 0) is 26.0 Å². The van der Waals surface area contributed by atoms with Gasteiger partial charge in [-0.15, -0.1) is 0 Å². The van der Waals surface area contributed by atoms with Gasteiger partial charge in [0.1, 0.15) is 6.04 Å². The number of hydrogen-bond acceptors (Lipinski definition) is 3. The molecule has 4 nitrogen and oxygen atoms in total. The van der Waals surface area contributed by atoms with E-state index in [4.69, 9.17) is 0 Å². The first-order chi connectivity index (χ1) is 8.13. The van der Waals surface area contributed by atoms with Crippen LogP contribution in [0.25, 0.3) is 0 Å². The number of carbonyl (C=O) groups excluding carboxylic acids is 1. The number of nitrogens with one attached hydrogen (secondary N) is 1. The minimum Gasteiger partial charge on any atom is -0.394 e. The highest BCUT2D eigenvalue weighted by atomic mass is 16.3. The Balaban J connectivity index is 2.32. The third kappa shape index (κ3) is 2.26. The van der Waals surface area contributed by atoms with Crippen molar-refractivity contribution >= 4 is 11.6 Å². The van der Waals surface area contributed by atoms with Crippen LogP contribution in [0.5, 0.6) is 0 Å². The predicted octanol–water partition coefficient (Wildman–Crippen LogP) is 0.681. The van der Waals surface area contributed by atoms with Crippen LogP contribution in [-0.4, -0.2) is 36.2 Å². The van der Waals surface area contributed by atoms with Crippen LogP contribution in [0.4, 0.5) is 5.69 Å². The molecule has 0 radical (unpaired) electrons. The highest BCUT2D eigenvalue weighted by molar-refractivity contribution is 5.87. The molecule has 2 atom stereocenters. The van der Waals surface area contributed by atoms with Crippen LogP contribution in [-0.2, 0) is 4.79 Å². The Morgan fingerprint density at radius 2 is 2.06 bits per heavy atom. The molecule has 1 saturated heterocycles. The van der Waals surface area contributed by atoms with Gasteiger partial charge in [0.15, 0.2) is 0 Å². The lowest BCUT2D eigenvalue weighted by atomic mass is 10.1. The zero-order valence-electron chi connectivity index (χ0n) is 10.2. The molecule has 1 fully saturated rings. The van der Waals surface area contributed by atoms with Crippen molar-refractivity contribution in [1.29, 1.82) is 0 Å². The minimum absolute atomic E-state index is 0.105. The maximum absolute atomic E-state index is 11.7. The molecule has 0 bridgehead atoms. The van der Waals surface area contributed by atoms with Crippen molar-refractivity contribution < 1.29 is 9.90 Å². The van der Waals surface area contributed by atoms with Crippen LogP contribution in [0.15, 0.2) is 24.3 Å². The monoisotopic (exact) mass is 234 g/mol. The second-order valence-corrected chi connectivity index (χ2v) is 4.54. The zero-order valence-corrected chi connectivity index (χ0v) is 10.2. The number of nitrogens with zero attached hydrogens (tertiary/aromatic N) is 1. The number of rotatable bonds is 2. The van der Waals surface area contributed by atoms with Crippen molar-refractivity contribution in [2.45, 2.75) is 25.9 Å². The van der Waals surface area contributed by atoms with E-state index in [-0.39, 0.29) is 18.6 Å². The first kappa shape index (κ1) is 11.9. The van der Waals surface area contributed by atoms with E-state index in [1.54, 1.807) is 0 Å². The number of aliphatic hydroxyl groups excluding tert-OH is 1. The van der Waals surface area contributed by atoms with Crippen LogP contribution in [0, 0.1) is 6.92 Å². The average Bonchev–Trinajstić information content (AvgIpc) is 2.33. The second-order valence-electron chi connectivity index (χ2n) is 4.54. The Labute approximate surface area is 101 Å². The lowest BCUT2D eigenvalue weighted by Crippen LogP contribution is -2.61. The summed E-state index contributed by atoms with van der Waals surface area (Å²) in [5.74, 6) is -0.105. The fraction of sp³-hybridized carbons (Fsp3) is 0.462. The molecule has 92 valence electrons. The number of carbonyl (C=O) groups is 1. The Morgan fingerprint density at radius 1 is 1.41 bits per heavy atom. The van der Waals surface area contributed by atoms with Crippen molar-refractivity contribution in [2.24, 2.45) is 0 Å². The summed E-state index contributed by atoms with van der Waals surface area (Å²) in [4.78, 5) is 13.7. The van der Waals surface area contributed by atoms with Crippen LogP contribution in [0.2, 0.25) is 0 Å². The SMILES string of the molecule is Cc1ccc(N2C(C)CNC(=O)C2CO)cc1. The van der Waals surface area contributed by atoms with E-state index >= 15 is 0 Å². The number of aryl methyl sites for hydroxylation is 1. The van der Waals surface area contributed by atoms with Crippen LogP contribution in [0.3, 0.4) is 0 Å². The van der Waals surface area contributed by atoms with Gasteiger partial charge in [-0.2, -0.15) is 0 Å². The summed E-state index contributed by atoms with van der Waals surface area (Å²) in [6.45, 7) is 4.52. The Bertz CT molecular complexity index is 402. The van der Waals surface area contributed by atoms with Gasteiger partial charge in [-0.3, -0.25) is 4.79 Å². The maximum Gasteiger partial charge on any atom is 0.245 e. The molecule has 1 aliphatic rings. The number of piperazine rings is 1. The van der Waals surface area contributed by atoms with E-state index in [0.29, 0.717) is 6.54 Å². The zero-order chi connectivity index (χ0) is 12.4. The van der Waals surface area contributed by atoms with Crippen molar-refractivity contribution in [3.8, 4) is 0 Å². The Kier molecular flexibility index (Phi) is 3.33. The summed E-state index contributed by atoms with van der Waals surface area (Å²) >= 11 is 0. The normalized spacial score (nSPS) is 24.6. The molecule has 1 aromatic carbocycles. The van der Waals surface area contributed by atoms with E-state index in [1.165, 1.54) is 5.56 Å². The molecule has 1 aliphatic heterocycles. The number of anilines is 1. The molecule has 17 heavy (non-hydrogen) atoms. The first-order valence-electron chi connectivity index (χ1n) is 5.87. The van der Waals surface area contributed by atoms with Crippen LogP contribution >= 0.6 is 0 Å². The molecular formula is C13H18N2O2. The van der Waals surface area contributed by atoms with Gasteiger partial charge < -0.3 is 15.3 Å². The summed E-state index contributed by atoms with van der Waals surface area (Å²) in [5.41, 5.74) is 2.17. The van der Waals surface area contributed by atoms with Gasteiger partial charge >= 0.3 is 0 Å². The Hall–Kier alpha value is -1.55. The largest absolute Gasteiger partial charge is 0.394 e. The number of amides is 1. The van der Waals surface area contributed by atoms with Crippen molar-refractivity contribution in [1.82, 2.24) is 5.32 Å². The van der Waals surface area contributed by atoms with Crippen molar-refractivity contribution in [3.05, 3.63) is 29.8 Å². The van der Waals surface area contributed by atoms with Crippen LogP contribution < -0.4 is 10.2 Å². The van der Waals surface area contributed by atoms with E-state index < -0.39 is 6.04 Å². The van der Waals surface area contributed by atoms with Gasteiger partial charge in [0.05, 0.1) is 6.61 Å². The van der Waals surface area contributed by atoms with E-state index in [2.05, 4.69) is 5.32 Å². The topological polar surface area (TPSA) is 52.6 Å². The third-order valence-corrected chi connectivity index (χ3v) is 3.19. The molecular weight excluding hydrogens is 216 g/mol. The number of aliphatic hydroxyl groups is 1. The quantitative estimate of drug-likeness (QED) is 0.791. The second kappa shape index (κ2) is 4.75. The molecule has 2 N–H and O–H groups in total. The molecule has 0 aromatic heterocycles. The predicted molar refractivity (Wildman–Crippen MR) is 67.0 cm³/mol. The Morgan fingerprint density at radius 3 is 2.65 bits per heavy atom. The molecule has 2 rings (SSSR count). The fourth-order valence-electron chi connectivity index (χ4n) is 2.22. The summed E-state index contributed by atoms with van der Waals surface area (Å²) in [6, 6.07) is 7.72. The molecule has 4 heteroatoms.